The Balaban J connectivity index is 1.55. The zero-order valence-corrected chi connectivity index (χ0v) is 19.4. The van der Waals surface area contributed by atoms with Crippen LogP contribution in [0.5, 0.6) is 0 Å². The van der Waals surface area contributed by atoms with Gasteiger partial charge in [0.2, 0.25) is 0 Å². The molecule has 4 rings (SSSR count). The van der Waals surface area contributed by atoms with Gasteiger partial charge in [-0.2, -0.15) is 0 Å². The third-order valence-corrected chi connectivity index (χ3v) is 7.83. The monoisotopic (exact) mass is 456 g/mol. The molecule has 0 aliphatic heterocycles. The molecule has 2 aliphatic rings. The van der Waals surface area contributed by atoms with Crippen LogP contribution in [0.2, 0.25) is 0 Å². The lowest BCUT2D eigenvalue weighted by atomic mass is 9.71. The molecule has 1 amide bonds. The molecule has 172 valence electrons. The zero-order valence-electron chi connectivity index (χ0n) is 18.6. The summed E-state index contributed by atoms with van der Waals surface area (Å²) in [6, 6.07) is 10.1. The van der Waals surface area contributed by atoms with Crippen LogP contribution in [0.25, 0.3) is 0 Å². The number of oxime groups is 1. The lowest BCUT2D eigenvalue weighted by Gasteiger charge is -2.35. The van der Waals surface area contributed by atoms with E-state index in [0.717, 1.165) is 25.0 Å². The van der Waals surface area contributed by atoms with E-state index in [1.807, 2.05) is 0 Å². The molecule has 0 radical (unpaired) electrons. The van der Waals surface area contributed by atoms with Crippen LogP contribution in [0.1, 0.15) is 69.1 Å². The molecule has 1 N–H and O–H groups in total. The van der Waals surface area contributed by atoms with Gasteiger partial charge >= 0.3 is 6.09 Å². The largest absolute Gasteiger partial charge is 0.437 e. The lowest BCUT2D eigenvalue weighted by molar-refractivity contribution is 0.162. The molecule has 0 bridgehead atoms. The Labute approximate surface area is 194 Å². The van der Waals surface area contributed by atoms with E-state index < -0.39 is 11.9 Å². The Morgan fingerprint density at radius 2 is 1.81 bits per heavy atom. The van der Waals surface area contributed by atoms with Crippen molar-refractivity contribution in [1.82, 2.24) is 0 Å². The predicted octanol–water partition coefficient (Wildman–Crippen LogP) is 7.81. The van der Waals surface area contributed by atoms with E-state index in [9.17, 15) is 9.18 Å². The highest BCUT2D eigenvalue weighted by Gasteiger charge is 2.34. The smallest absolute Gasteiger partial charge is 0.298 e. The molecular formula is C26H33FN2O2S. The SMILES string of the molecule is O=C(Nc1cccc(F)c1)O/N=C(\C1CCCCC1)C(Cc1cccs1)C1CCCCC1. The summed E-state index contributed by atoms with van der Waals surface area (Å²) in [5.74, 6) is 0.862. The van der Waals surface area contributed by atoms with E-state index in [0.29, 0.717) is 23.4 Å². The van der Waals surface area contributed by atoms with Crippen molar-refractivity contribution in [2.75, 3.05) is 5.32 Å². The third kappa shape index (κ3) is 6.41. The first kappa shape index (κ1) is 23.0. The van der Waals surface area contributed by atoms with Crippen molar-refractivity contribution >= 4 is 28.8 Å². The van der Waals surface area contributed by atoms with Gasteiger partial charge in [-0.05, 0) is 67.7 Å². The van der Waals surface area contributed by atoms with Crippen LogP contribution in [0.3, 0.4) is 0 Å². The lowest BCUT2D eigenvalue weighted by Crippen LogP contribution is -2.34. The number of rotatable bonds is 7. The summed E-state index contributed by atoms with van der Waals surface area (Å²) in [6.45, 7) is 0. The average Bonchev–Trinajstić information content (AvgIpc) is 3.33. The van der Waals surface area contributed by atoms with Crippen LogP contribution in [-0.2, 0) is 11.3 Å². The molecule has 1 aromatic heterocycles. The Morgan fingerprint density at radius 1 is 1.06 bits per heavy atom. The van der Waals surface area contributed by atoms with Crippen LogP contribution in [0, 0.1) is 23.6 Å². The van der Waals surface area contributed by atoms with Gasteiger partial charge in [-0.15, -0.1) is 11.3 Å². The van der Waals surface area contributed by atoms with Gasteiger partial charge in [0.05, 0.1) is 5.71 Å². The maximum Gasteiger partial charge on any atom is 0.437 e. The van der Waals surface area contributed by atoms with Crippen molar-refractivity contribution < 1.29 is 14.0 Å². The standard InChI is InChI=1S/C26H33FN2O2S/c27-21-13-7-14-22(17-21)28-26(30)31-29-25(20-11-5-2-6-12-20)24(18-23-15-8-16-32-23)19-9-3-1-4-10-19/h7-8,13-17,19-20,24H,1-6,9-12,18H2,(H,28,30)/b29-25+. The molecule has 32 heavy (non-hydrogen) atoms. The second kappa shape index (κ2) is 11.6. The Hall–Kier alpha value is -2.21. The van der Waals surface area contributed by atoms with Crippen LogP contribution in [0.15, 0.2) is 46.9 Å². The Morgan fingerprint density at radius 3 is 2.50 bits per heavy atom. The van der Waals surface area contributed by atoms with Gasteiger partial charge in [-0.1, -0.05) is 55.8 Å². The van der Waals surface area contributed by atoms with Gasteiger partial charge in [0.1, 0.15) is 5.82 Å². The van der Waals surface area contributed by atoms with Crippen LogP contribution in [-0.4, -0.2) is 11.8 Å². The number of amides is 1. The maximum atomic E-state index is 13.4. The van der Waals surface area contributed by atoms with Gasteiger partial charge in [0, 0.05) is 22.4 Å². The van der Waals surface area contributed by atoms with Gasteiger partial charge < -0.3 is 0 Å². The first-order chi connectivity index (χ1) is 15.7. The number of nitrogens with one attached hydrogen (secondary N) is 1. The minimum Gasteiger partial charge on any atom is -0.298 e. The second-order valence-corrected chi connectivity index (χ2v) is 10.2. The van der Waals surface area contributed by atoms with Gasteiger partial charge in [-0.25, -0.2) is 9.18 Å². The van der Waals surface area contributed by atoms with Gasteiger partial charge in [0.25, 0.3) is 0 Å². The van der Waals surface area contributed by atoms with Gasteiger partial charge in [0.15, 0.2) is 0 Å². The summed E-state index contributed by atoms with van der Waals surface area (Å²) in [4.78, 5) is 19.2. The molecule has 2 fully saturated rings. The second-order valence-electron chi connectivity index (χ2n) is 9.15. The van der Waals surface area contributed by atoms with Crippen molar-refractivity contribution in [2.24, 2.45) is 22.9 Å². The Kier molecular flexibility index (Phi) is 8.32. The number of carbonyl (C=O) groups is 1. The topological polar surface area (TPSA) is 50.7 Å². The highest BCUT2D eigenvalue weighted by atomic mass is 32.1. The third-order valence-electron chi connectivity index (χ3n) is 6.93. The van der Waals surface area contributed by atoms with Crippen molar-refractivity contribution in [3.05, 3.63) is 52.5 Å². The fraction of sp³-hybridized carbons (Fsp3) is 0.538. The first-order valence-electron chi connectivity index (χ1n) is 12.0. The zero-order chi connectivity index (χ0) is 22.2. The predicted molar refractivity (Wildman–Crippen MR) is 129 cm³/mol. The fourth-order valence-electron chi connectivity index (χ4n) is 5.34. The van der Waals surface area contributed by atoms with E-state index >= 15 is 0 Å². The molecule has 1 unspecified atom stereocenters. The quantitative estimate of drug-likeness (QED) is 0.262. The van der Waals surface area contributed by atoms with Crippen LogP contribution < -0.4 is 5.32 Å². The van der Waals surface area contributed by atoms with E-state index in [4.69, 9.17) is 4.84 Å². The highest BCUT2D eigenvalue weighted by molar-refractivity contribution is 7.09. The number of benzene rings is 1. The molecule has 1 aromatic carbocycles. The number of hydrogen-bond donors (Lipinski definition) is 1. The summed E-state index contributed by atoms with van der Waals surface area (Å²) in [5, 5.41) is 9.27. The fourth-order valence-corrected chi connectivity index (χ4v) is 6.10. The summed E-state index contributed by atoms with van der Waals surface area (Å²) in [6.07, 6.45) is 12.5. The summed E-state index contributed by atoms with van der Waals surface area (Å²) in [7, 11) is 0. The molecular weight excluding hydrogens is 423 g/mol. The molecule has 2 saturated carbocycles. The summed E-state index contributed by atoms with van der Waals surface area (Å²) in [5.41, 5.74) is 1.44. The molecule has 0 saturated heterocycles. The number of halogens is 1. The number of hydrogen-bond acceptors (Lipinski definition) is 4. The van der Waals surface area contributed by atoms with Crippen LogP contribution >= 0.6 is 11.3 Å². The number of nitrogens with zero attached hydrogens (tertiary/aromatic N) is 1. The van der Waals surface area contributed by atoms with E-state index in [-0.39, 0.29) is 0 Å². The molecule has 2 aromatic rings. The molecule has 2 aliphatic carbocycles. The number of carbonyl (C=O) groups excluding carboxylic acids is 1. The summed E-state index contributed by atoms with van der Waals surface area (Å²) >= 11 is 1.80. The van der Waals surface area contributed by atoms with Crippen LogP contribution in [0.4, 0.5) is 14.9 Å². The number of anilines is 1. The molecule has 0 spiro atoms. The van der Waals surface area contributed by atoms with E-state index in [1.54, 1.807) is 23.5 Å². The molecule has 1 atom stereocenters. The highest BCUT2D eigenvalue weighted by Crippen LogP contribution is 2.38. The number of thiophene rings is 1. The average molecular weight is 457 g/mol. The maximum absolute atomic E-state index is 13.4. The van der Waals surface area contributed by atoms with E-state index in [1.165, 1.54) is 68.4 Å². The minimum absolute atomic E-state index is 0.305. The summed E-state index contributed by atoms with van der Waals surface area (Å²) < 4.78 is 13.4. The van der Waals surface area contributed by atoms with E-state index in [2.05, 4.69) is 28.0 Å². The normalized spacial score (nSPS) is 19.5. The minimum atomic E-state index is -0.664. The molecule has 1 heterocycles. The van der Waals surface area contributed by atoms with Crippen molar-refractivity contribution in [1.29, 1.82) is 0 Å². The van der Waals surface area contributed by atoms with Crippen molar-refractivity contribution in [2.45, 2.75) is 70.6 Å². The van der Waals surface area contributed by atoms with Gasteiger partial charge in [-0.3, -0.25) is 10.2 Å². The molecule has 6 heteroatoms. The van der Waals surface area contributed by atoms with Crippen molar-refractivity contribution in [3.63, 3.8) is 0 Å². The Bertz CT molecular complexity index is 887. The molecule has 4 nitrogen and oxygen atoms in total. The first-order valence-corrected chi connectivity index (χ1v) is 12.9. The van der Waals surface area contributed by atoms with Crippen molar-refractivity contribution in [3.8, 4) is 0 Å².